The van der Waals surface area contributed by atoms with Gasteiger partial charge < -0.3 is 14.5 Å². The van der Waals surface area contributed by atoms with Crippen LogP contribution in [0.25, 0.3) is 11.0 Å². The van der Waals surface area contributed by atoms with Crippen molar-refractivity contribution in [3.8, 4) is 0 Å². The van der Waals surface area contributed by atoms with Crippen LogP contribution in [0.5, 0.6) is 0 Å². The number of hydrogen-bond acceptors (Lipinski definition) is 4. The van der Waals surface area contributed by atoms with Gasteiger partial charge in [-0.1, -0.05) is 24.3 Å². The Kier molecular flexibility index (Phi) is 4.90. The molecule has 0 saturated carbocycles. The van der Waals surface area contributed by atoms with Gasteiger partial charge in [0.1, 0.15) is 5.58 Å². The highest BCUT2D eigenvalue weighted by atomic mass is 79.9. The summed E-state index contributed by atoms with van der Waals surface area (Å²) in [5, 5.41) is 3.54. The zero-order valence-electron chi connectivity index (χ0n) is 13.8. The number of benzene rings is 2. The van der Waals surface area contributed by atoms with Gasteiger partial charge in [0.05, 0.1) is 5.69 Å². The summed E-state index contributed by atoms with van der Waals surface area (Å²) in [5.41, 5.74) is 2.99. The van der Waals surface area contributed by atoms with Crippen LogP contribution >= 0.6 is 15.9 Å². The molecule has 0 aliphatic carbocycles. The number of anilines is 1. The van der Waals surface area contributed by atoms with Crippen LogP contribution in [0.2, 0.25) is 0 Å². The zero-order valence-corrected chi connectivity index (χ0v) is 15.3. The second-order valence-electron chi connectivity index (χ2n) is 5.66. The van der Waals surface area contributed by atoms with Crippen molar-refractivity contribution in [1.82, 2.24) is 0 Å². The number of amides is 1. The average Bonchev–Trinajstić information content (AvgIpc) is 2.93. The average molecular weight is 402 g/mol. The Morgan fingerprint density at radius 3 is 2.64 bits per heavy atom. The van der Waals surface area contributed by atoms with Crippen LogP contribution in [0.1, 0.15) is 21.7 Å². The highest BCUT2D eigenvalue weighted by molar-refractivity contribution is 9.10. The summed E-state index contributed by atoms with van der Waals surface area (Å²) in [4.78, 5) is 24.2. The minimum absolute atomic E-state index is 0.116. The lowest BCUT2D eigenvalue weighted by Crippen LogP contribution is -2.21. The number of fused-ring (bicyclic) bond motifs is 1. The van der Waals surface area contributed by atoms with Crippen molar-refractivity contribution in [3.05, 3.63) is 63.8 Å². The first kappa shape index (κ1) is 17.2. The monoisotopic (exact) mass is 401 g/mol. The fourth-order valence-electron chi connectivity index (χ4n) is 2.47. The molecule has 6 heteroatoms. The molecule has 0 atom stereocenters. The topological polar surface area (TPSA) is 68.5 Å². The number of hydrogen-bond donors (Lipinski definition) is 1. The van der Waals surface area contributed by atoms with E-state index in [0.29, 0.717) is 16.8 Å². The summed E-state index contributed by atoms with van der Waals surface area (Å²) in [6, 6.07) is 12.9. The van der Waals surface area contributed by atoms with E-state index < -0.39 is 18.5 Å². The van der Waals surface area contributed by atoms with E-state index in [1.165, 1.54) is 0 Å². The molecule has 25 heavy (non-hydrogen) atoms. The van der Waals surface area contributed by atoms with E-state index in [2.05, 4.69) is 21.2 Å². The molecule has 5 nitrogen and oxygen atoms in total. The quantitative estimate of drug-likeness (QED) is 0.648. The molecule has 1 amide bonds. The number of ether oxygens (including phenoxy) is 1. The SMILES string of the molecule is Cc1ccc(NC(=O)COC(=O)c2oc3ccccc3c2C)c(Br)c1. The van der Waals surface area contributed by atoms with Crippen LogP contribution in [-0.2, 0) is 9.53 Å². The Morgan fingerprint density at radius 1 is 1.16 bits per heavy atom. The molecule has 128 valence electrons. The number of para-hydroxylation sites is 1. The zero-order chi connectivity index (χ0) is 18.0. The highest BCUT2D eigenvalue weighted by Gasteiger charge is 2.20. The Morgan fingerprint density at radius 2 is 1.92 bits per heavy atom. The maximum atomic E-state index is 12.2. The molecular weight excluding hydrogens is 386 g/mol. The van der Waals surface area contributed by atoms with Gasteiger partial charge in [-0.25, -0.2) is 4.79 Å². The summed E-state index contributed by atoms with van der Waals surface area (Å²) < 4.78 is 11.4. The predicted molar refractivity (Wildman–Crippen MR) is 98.7 cm³/mol. The van der Waals surface area contributed by atoms with Crippen LogP contribution in [0, 0.1) is 13.8 Å². The second kappa shape index (κ2) is 7.11. The number of rotatable bonds is 4. The maximum Gasteiger partial charge on any atom is 0.375 e. The lowest BCUT2D eigenvalue weighted by molar-refractivity contribution is -0.119. The van der Waals surface area contributed by atoms with Crippen LogP contribution in [0.15, 0.2) is 51.4 Å². The van der Waals surface area contributed by atoms with E-state index in [0.717, 1.165) is 15.4 Å². The molecule has 1 heterocycles. The van der Waals surface area contributed by atoms with Gasteiger partial charge in [-0.2, -0.15) is 0 Å². The number of aryl methyl sites for hydroxylation is 2. The van der Waals surface area contributed by atoms with E-state index in [1.807, 2.05) is 37.3 Å². The number of halogens is 1. The van der Waals surface area contributed by atoms with Gasteiger partial charge in [0, 0.05) is 15.4 Å². The fourth-order valence-corrected chi connectivity index (χ4v) is 3.07. The number of furan rings is 1. The number of carbonyl (C=O) groups excluding carboxylic acids is 2. The van der Waals surface area contributed by atoms with Crippen LogP contribution in [-0.4, -0.2) is 18.5 Å². The summed E-state index contributed by atoms with van der Waals surface area (Å²) in [5.74, 6) is -0.969. The van der Waals surface area contributed by atoms with E-state index in [-0.39, 0.29) is 5.76 Å². The van der Waals surface area contributed by atoms with Gasteiger partial charge in [0.25, 0.3) is 5.91 Å². The Labute approximate surface area is 153 Å². The van der Waals surface area contributed by atoms with Crippen LogP contribution < -0.4 is 5.32 Å². The molecule has 0 spiro atoms. The standard InChI is InChI=1S/C19H16BrNO4/c1-11-7-8-15(14(20)9-11)21-17(22)10-24-19(23)18-12(2)13-5-3-4-6-16(13)25-18/h3-9H,10H2,1-2H3,(H,21,22). The molecule has 3 aromatic rings. The van der Waals surface area contributed by atoms with Crippen molar-refractivity contribution in [2.75, 3.05) is 11.9 Å². The fraction of sp³-hybridized carbons (Fsp3) is 0.158. The third kappa shape index (κ3) is 3.74. The minimum atomic E-state index is -0.660. The summed E-state index contributed by atoms with van der Waals surface area (Å²) in [6.45, 7) is 3.34. The van der Waals surface area contributed by atoms with E-state index in [4.69, 9.17) is 9.15 Å². The third-order valence-electron chi connectivity index (χ3n) is 3.76. The molecule has 0 fully saturated rings. The lowest BCUT2D eigenvalue weighted by Gasteiger charge is -2.08. The Hall–Kier alpha value is -2.60. The lowest BCUT2D eigenvalue weighted by atomic mass is 10.1. The molecule has 0 unspecified atom stereocenters. The Bertz CT molecular complexity index is 961. The van der Waals surface area contributed by atoms with E-state index >= 15 is 0 Å². The summed E-state index contributed by atoms with van der Waals surface area (Å²) >= 11 is 3.38. The van der Waals surface area contributed by atoms with Gasteiger partial charge in [0.2, 0.25) is 5.76 Å². The van der Waals surface area contributed by atoms with Crippen molar-refractivity contribution in [3.63, 3.8) is 0 Å². The smallest absolute Gasteiger partial charge is 0.375 e. The molecule has 2 aromatic carbocycles. The largest absolute Gasteiger partial charge is 0.450 e. The van der Waals surface area contributed by atoms with Gasteiger partial charge in [-0.05, 0) is 53.5 Å². The van der Waals surface area contributed by atoms with E-state index in [9.17, 15) is 9.59 Å². The van der Waals surface area contributed by atoms with Crippen molar-refractivity contribution in [1.29, 1.82) is 0 Å². The molecule has 0 radical (unpaired) electrons. The number of esters is 1. The first-order chi connectivity index (χ1) is 12.0. The number of nitrogens with one attached hydrogen (secondary N) is 1. The molecule has 3 rings (SSSR count). The summed E-state index contributed by atoms with van der Waals surface area (Å²) in [6.07, 6.45) is 0. The van der Waals surface area contributed by atoms with Crippen molar-refractivity contribution in [2.24, 2.45) is 0 Å². The predicted octanol–water partition coefficient (Wildman–Crippen LogP) is 4.61. The maximum absolute atomic E-state index is 12.2. The molecular formula is C19H16BrNO4. The van der Waals surface area contributed by atoms with Gasteiger partial charge in [-0.3, -0.25) is 4.79 Å². The van der Waals surface area contributed by atoms with E-state index in [1.54, 1.807) is 19.1 Å². The van der Waals surface area contributed by atoms with Crippen LogP contribution in [0.4, 0.5) is 5.69 Å². The first-order valence-corrected chi connectivity index (χ1v) is 8.46. The molecule has 0 saturated heterocycles. The van der Waals surface area contributed by atoms with Gasteiger partial charge in [-0.15, -0.1) is 0 Å². The molecule has 1 aromatic heterocycles. The molecule has 0 aliphatic rings. The number of carbonyl (C=O) groups is 2. The summed E-state index contributed by atoms with van der Waals surface area (Å²) in [7, 11) is 0. The Balaban J connectivity index is 1.65. The third-order valence-corrected chi connectivity index (χ3v) is 4.42. The van der Waals surface area contributed by atoms with Crippen molar-refractivity contribution >= 4 is 44.5 Å². The molecule has 0 aliphatic heterocycles. The molecule has 1 N–H and O–H groups in total. The normalized spacial score (nSPS) is 10.7. The highest BCUT2D eigenvalue weighted by Crippen LogP contribution is 2.26. The first-order valence-electron chi connectivity index (χ1n) is 7.67. The van der Waals surface area contributed by atoms with Crippen LogP contribution in [0.3, 0.4) is 0 Å². The minimum Gasteiger partial charge on any atom is -0.450 e. The van der Waals surface area contributed by atoms with Gasteiger partial charge >= 0.3 is 5.97 Å². The van der Waals surface area contributed by atoms with Gasteiger partial charge in [0.15, 0.2) is 6.61 Å². The van der Waals surface area contributed by atoms with Crippen molar-refractivity contribution < 1.29 is 18.7 Å². The second-order valence-corrected chi connectivity index (χ2v) is 6.51. The molecule has 0 bridgehead atoms. The van der Waals surface area contributed by atoms with Crippen molar-refractivity contribution in [2.45, 2.75) is 13.8 Å².